The molecule has 0 radical (unpaired) electrons. The number of aliphatic hydroxyl groups is 1. The number of aliphatic carboxylic acids is 1. The number of hydrogen-bond acceptors (Lipinski definition) is 4. The highest BCUT2D eigenvalue weighted by Gasteiger charge is 2.12. The van der Waals surface area contributed by atoms with Crippen molar-refractivity contribution in [2.75, 3.05) is 6.54 Å². The highest BCUT2D eigenvalue weighted by molar-refractivity contribution is 9.11. The topological polar surface area (TPSA) is 98.7 Å². The molecule has 6 nitrogen and oxygen atoms in total. The predicted octanol–water partition coefficient (Wildman–Crippen LogP) is 1.15. The summed E-state index contributed by atoms with van der Waals surface area (Å²) in [5.74, 6) is -1.29. The van der Waals surface area contributed by atoms with Gasteiger partial charge in [-0.3, -0.25) is 0 Å². The third kappa shape index (κ3) is 5.48. The van der Waals surface area contributed by atoms with Gasteiger partial charge in [-0.1, -0.05) is 0 Å². The van der Waals surface area contributed by atoms with Crippen LogP contribution in [0.2, 0.25) is 0 Å². The minimum absolute atomic E-state index is 0.0205. The van der Waals surface area contributed by atoms with E-state index in [9.17, 15) is 9.59 Å². The molecule has 1 rings (SSSR count). The van der Waals surface area contributed by atoms with Crippen LogP contribution in [0.3, 0.4) is 0 Å². The van der Waals surface area contributed by atoms with E-state index in [1.54, 1.807) is 0 Å². The van der Waals surface area contributed by atoms with Crippen LogP contribution in [0.25, 0.3) is 0 Å². The number of thiophene rings is 1. The van der Waals surface area contributed by atoms with E-state index < -0.39 is 18.1 Å². The Morgan fingerprint density at radius 1 is 1.39 bits per heavy atom. The van der Waals surface area contributed by atoms with Crippen LogP contribution in [0, 0.1) is 0 Å². The van der Waals surface area contributed by atoms with Crippen molar-refractivity contribution in [3.63, 3.8) is 0 Å². The van der Waals surface area contributed by atoms with Gasteiger partial charge in [0.2, 0.25) is 0 Å². The summed E-state index contributed by atoms with van der Waals surface area (Å²) in [6.45, 7) is 0.511. The Morgan fingerprint density at radius 3 is 2.67 bits per heavy atom. The third-order valence-corrected chi connectivity index (χ3v) is 3.66. The molecule has 18 heavy (non-hydrogen) atoms. The van der Waals surface area contributed by atoms with Crippen molar-refractivity contribution in [3.8, 4) is 0 Å². The third-order valence-electron chi connectivity index (χ3n) is 2.04. The maximum atomic E-state index is 11.3. The molecule has 0 fully saturated rings. The summed E-state index contributed by atoms with van der Waals surface area (Å²) in [5.41, 5.74) is 0. The van der Waals surface area contributed by atoms with Crippen LogP contribution in [-0.2, 0) is 11.3 Å². The molecule has 0 saturated heterocycles. The molecular weight excluding hydrogens is 324 g/mol. The van der Waals surface area contributed by atoms with Crippen molar-refractivity contribution in [2.45, 2.75) is 19.1 Å². The van der Waals surface area contributed by atoms with Crippen LogP contribution < -0.4 is 10.6 Å². The van der Waals surface area contributed by atoms with E-state index in [0.717, 1.165) is 8.66 Å². The molecule has 1 heterocycles. The van der Waals surface area contributed by atoms with Gasteiger partial charge in [0.05, 0.1) is 10.3 Å². The quantitative estimate of drug-likeness (QED) is 0.626. The number of carbonyl (C=O) groups is 2. The summed E-state index contributed by atoms with van der Waals surface area (Å²) in [5, 5.41) is 22.5. The molecule has 0 aliphatic heterocycles. The first-order valence-electron chi connectivity index (χ1n) is 5.16. The molecule has 0 aromatic carbocycles. The number of nitrogens with one attached hydrogen (secondary N) is 2. The Balaban J connectivity index is 2.16. The van der Waals surface area contributed by atoms with Gasteiger partial charge < -0.3 is 20.8 Å². The molecule has 0 bridgehead atoms. The van der Waals surface area contributed by atoms with E-state index in [1.807, 2.05) is 12.1 Å². The summed E-state index contributed by atoms with van der Waals surface area (Å²) in [6, 6.07) is 3.39. The minimum Gasteiger partial charge on any atom is -0.479 e. The van der Waals surface area contributed by atoms with Gasteiger partial charge in [0.1, 0.15) is 0 Å². The molecule has 0 spiro atoms. The molecule has 1 unspecified atom stereocenters. The first-order chi connectivity index (χ1) is 8.49. The fraction of sp³-hybridized carbons (Fsp3) is 0.400. The van der Waals surface area contributed by atoms with Crippen LogP contribution >= 0.6 is 27.3 Å². The van der Waals surface area contributed by atoms with Crippen LogP contribution in [0.5, 0.6) is 0 Å². The zero-order chi connectivity index (χ0) is 13.5. The Bertz CT molecular complexity index is 424. The number of amides is 2. The second kappa shape index (κ2) is 7.34. The molecule has 1 atom stereocenters. The van der Waals surface area contributed by atoms with Gasteiger partial charge in [-0.2, -0.15) is 0 Å². The normalized spacial score (nSPS) is 11.9. The fourth-order valence-corrected chi connectivity index (χ4v) is 2.55. The van der Waals surface area contributed by atoms with Crippen LogP contribution in [0.15, 0.2) is 15.9 Å². The zero-order valence-electron chi connectivity index (χ0n) is 9.35. The van der Waals surface area contributed by atoms with Crippen molar-refractivity contribution < 1.29 is 19.8 Å². The van der Waals surface area contributed by atoms with Gasteiger partial charge in [0.15, 0.2) is 6.10 Å². The van der Waals surface area contributed by atoms with Gasteiger partial charge in [-0.05, 0) is 28.1 Å². The van der Waals surface area contributed by atoms with E-state index in [0.29, 0.717) is 6.54 Å². The lowest BCUT2D eigenvalue weighted by atomic mass is 10.2. The fourth-order valence-electron chi connectivity index (χ4n) is 1.12. The second-order valence-electron chi connectivity index (χ2n) is 3.46. The highest BCUT2D eigenvalue weighted by Crippen LogP contribution is 2.21. The standard InChI is InChI=1S/C10H13BrN2O4S/c11-8-2-1-6(18-8)5-13-10(17)12-4-3-7(14)9(15)16/h1-2,7,14H,3-5H2,(H,15,16)(H2,12,13,17). The van der Waals surface area contributed by atoms with Gasteiger partial charge in [-0.25, -0.2) is 9.59 Å². The Morgan fingerprint density at radius 2 is 2.11 bits per heavy atom. The number of carboxylic acids is 1. The van der Waals surface area contributed by atoms with E-state index >= 15 is 0 Å². The van der Waals surface area contributed by atoms with Crippen LogP contribution in [-0.4, -0.2) is 34.9 Å². The maximum Gasteiger partial charge on any atom is 0.332 e. The largest absolute Gasteiger partial charge is 0.479 e. The molecular formula is C10H13BrN2O4S. The van der Waals surface area contributed by atoms with Crippen LogP contribution in [0.1, 0.15) is 11.3 Å². The molecule has 0 aliphatic carbocycles. The molecule has 1 aromatic rings. The summed E-state index contributed by atoms with van der Waals surface area (Å²) in [6.07, 6.45) is -1.47. The Kier molecular flexibility index (Phi) is 6.10. The van der Waals surface area contributed by atoms with E-state index in [1.165, 1.54) is 11.3 Å². The predicted molar refractivity (Wildman–Crippen MR) is 70.5 cm³/mol. The van der Waals surface area contributed by atoms with Gasteiger partial charge in [0, 0.05) is 17.8 Å². The Labute approximate surface area is 116 Å². The number of rotatable bonds is 6. The smallest absolute Gasteiger partial charge is 0.332 e. The molecule has 0 saturated carbocycles. The van der Waals surface area contributed by atoms with E-state index in [4.69, 9.17) is 10.2 Å². The number of halogens is 1. The summed E-state index contributed by atoms with van der Waals surface area (Å²) >= 11 is 4.84. The molecule has 1 aromatic heterocycles. The lowest BCUT2D eigenvalue weighted by molar-refractivity contribution is -0.146. The van der Waals surface area contributed by atoms with Crippen molar-refractivity contribution in [3.05, 3.63) is 20.8 Å². The lowest BCUT2D eigenvalue weighted by Crippen LogP contribution is -2.37. The van der Waals surface area contributed by atoms with Gasteiger partial charge in [-0.15, -0.1) is 11.3 Å². The number of aliphatic hydroxyl groups excluding tert-OH is 1. The SMILES string of the molecule is O=C(NCCC(O)C(=O)O)NCc1ccc(Br)s1. The molecule has 100 valence electrons. The average molecular weight is 337 g/mol. The molecule has 8 heteroatoms. The van der Waals surface area contributed by atoms with Crippen molar-refractivity contribution in [2.24, 2.45) is 0 Å². The Hall–Kier alpha value is -1.12. The lowest BCUT2D eigenvalue weighted by Gasteiger charge is -2.08. The average Bonchev–Trinajstić information content (AvgIpc) is 2.72. The minimum atomic E-state index is -1.45. The van der Waals surface area contributed by atoms with Crippen molar-refractivity contribution in [1.82, 2.24) is 10.6 Å². The van der Waals surface area contributed by atoms with Crippen LogP contribution in [0.4, 0.5) is 4.79 Å². The molecule has 2 amide bonds. The van der Waals surface area contributed by atoms with Crippen molar-refractivity contribution in [1.29, 1.82) is 0 Å². The van der Waals surface area contributed by atoms with E-state index in [2.05, 4.69) is 26.6 Å². The van der Waals surface area contributed by atoms with E-state index in [-0.39, 0.29) is 13.0 Å². The first-order valence-corrected chi connectivity index (χ1v) is 6.77. The number of hydrogen-bond donors (Lipinski definition) is 4. The molecule has 4 N–H and O–H groups in total. The van der Waals surface area contributed by atoms with Crippen molar-refractivity contribution >= 4 is 39.3 Å². The highest BCUT2D eigenvalue weighted by atomic mass is 79.9. The monoisotopic (exact) mass is 336 g/mol. The second-order valence-corrected chi connectivity index (χ2v) is 6.01. The van der Waals surface area contributed by atoms with Gasteiger partial charge in [0.25, 0.3) is 0 Å². The first kappa shape index (κ1) is 14.9. The maximum absolute atomic E-state index is 11.3. The summed E-state index contributed by atoms with van der Waals surface area (Å²) in [7, 11) is 0. The van der Waals surface area contributed by atoms with Gasteiger partial charge >= 0.3 is 12.0 Å². The number of carboxylic acid groups (broad SMARTS) is 1. The number of urea groups is 1. The molecule has 0 aliphatic rings. The zero-order valence-corrected chi connectivity index (χ0v) is 11.8. The summed E-state index contributed by atoms with van der Waals surface area (Å²) < 4.78 is 0.990. The number of carbonyl (C=O) groups excluding carboxylic acids is 1. The summed E-state index contributed by atoms with van der Waals surface area (Å²) in [4.78, 5) is 22.6.